The topological polar surface area (TPSA) is 26.3 Å². The predicted molar refractivity (Wildman–Crippen MR) is 48.1 cm³/mol. The van der Waals surface area contributed by atoms with Crippen molar-refractivity contribution in [1.29, 1.82) is 0 Å². The number of ether oxygens (including phenoxy) is 1. The Bertz CT molecular complexity index is 425. The number of carbonyl (C=O) groups is 1. The monoisotopic (exact) mass is 254 g/mol. The van der Waals surface area contributed by atoms with Crippen LogP contribution in [0.15, 0.2) is 18.2 Å². The Morgan fingerprint density at radius 2 is 1.82 bits per heavy atom. The van der Waals surface area contributed by atoms with Crippen molar-refractivity contribution in [3.8, 4) is 5.75 Å². The molecule has 2 nitrogen and oxygen atoms in total. The lowest BCUT2D eigenvalue weighted by Crippen LogP contribution is -2.09. The van der Waals surface area contributed by atoms with Crippen LogP contribution in [-0.2, 0) is 6.18 Å². The third-order valence-corrected chi connectivity index (χ3v) is 1.87. The SMILES string of the molecule is CC(=O)c1cc(OC(F)F)cc(C(F)(F)F)c1. The molecular weight excluding hydrogens is 247 g/mol. The maximum Gasteiger partial charge on any atom is 0.416 e. The molecule has 1 aromatic carbocycles. The molecule has 0 saturated carbocycles. The van der Waals surface area contributed by atoms with Gasteiger partial charge in [0.1, 0.15) is 5.75 Å². The average Bonchev–Trinajstić information content (AvgIpc) is 2.14. The lowest BCUT2D eigenvalue weighted by atomic mass is 10.1. The van der Waals surface area contributed by atoms with Crippen LogP contribution in [0.1, 0.15) is 22.8 Å². The minimum atomic E-state index is -4.73. The summed E-state index contributed by atoms with van der Waals surface area (Å²) in [6.45, 7) is -2.22. The van der Waals surface area contributed by atoms with E-state index in [2.05, 4.69) is 4.74 Å². The molecule has 0 atom stereocenters. The third-order valence-electron chi connectivity index (χ3n) is 1.87. The van der Waals surface area contributed by atoms with Gasteiger partial charge in [-0.1, -0.05) is 0 Å². The molecule has 0 aliphatic heterocycles. The first-order valence-corrected chi connectivity index (χ1v) is 4.38. The molecule has 0 aromatic heterocycles. The summed E-state index contributed by atoms with van der Waals surface area (Å²) in [5, 5.41) is 0. The van der Waals surface area contributed by atoms with Gasteiger partial charge in [-0.05, 0) is 25.1 Å². The minimum Gasteiger partial charge on any atom is -0.435 e. The lowest BCUT2D eigenvalue weighted by Gasteiger charge is -2.11. The van der Waals surface area contributed by atoms with E-state index in [0.29, 0.717) is 12.1 Å². The van der Waals surface area contributed by atoms with E-state index in [1.807, 2.05) is 0 Å². The van der Waals surface area contributed by atoms with Crippen molar-refractivity contribution in [3.05, 3.63) is 29.3 Å². The van der Waals surface area contributed by atoms with E-state index >= 15 is 0 Å². The number of hydrogen-bond acceptors (Lipinski definition) is 2. The molecule has 1 aromatic rings. The second kappa shape index (κ2) is 4.68. The van der Waals surface area contributed by atoms with Crippen LogP contribution in [0.3, 0.4) is 0 Å². The van der Waals surface area contributed by atoms with Crippen LogP contribution < -0.4 is 4.74 Å². The summed E-state index contributed by atoms with van der Waals surface area (Å²) in [5.41, 5.74) is -1.55. The second-order valence-corrected chi connectivity index (χ2v) is 3.18. The van der Waals surface area contributed by atoms with E-state index in [4.69, 9.17) is 0 Å². The molecule has 0 aliphatic rings. The molecule has 0 unspecified atom stereocenters. The van der Waals surface area contributed by atoms with Gasteiger partial charge in [-0.25, -0.2) is 0 Å². The van der Waals surface area contributed by atoms with Crippen molar-refractivity contribution >= 4 is 5.78 Å². The van der Waals surface area contributed by atoms with E-state index in [9.17, 15) is 26.7 Å². The van der Waals surface area contributed by atoms with Gasteiger partial charge in [-0.3, -0.25) is 4.79 Å². The van der Waals surface area contributed by atoms with Crippen LogP contribution in [0, 0.1) is 0 Å². The van der Waals surface area contributed by atoms with Crippen molar-refractivity contribution in [2.45, 2.75) is 19.7 Å². The molecular formula is C10H7F5O2. The molecule has 0 N–H and O–H groups in total. The number of alkyl halides is 5. The fourth-order valence-corrected chi connectivity index (χ4v) is 1.14. The van der Waals surface area contributed by atoms with Crippen molar-refractivity contribution in [3.63, 3.8) is 0 Å². The summed E-state index contributed by atoms with van der Waals surface area (Å²) < 4.78 is 64.8. The standard InChI is InChI=1S/C10H7F5O2/c1-5(16)6-2-7(10(13,14)15)4-8(3-6)17-9(11)12/h2-4,9H,1H3. The van der Waals surface area contributed by atoms with Gasteiger partial charge >= 0.3 is 12.8 Å². The Labute approximate surface area is 93.0 Å². The predicted octanol–water partition coefficient (Wildman–Crippen LogP) is 3.51. The number of Topliss-reactive ketones (excluding diaryl/α,β-unsaturated/α-hetero) is 1. The Morgan fingerprint density at radius 3 is 2.24 bits per heavy atom. The van der Waals surface area contributed by atoms with E-state index in [1.165, 1.54) is 0 Å². The Hall–Kier alpha value is -1.66. The zero-order valence-corrected chi connectivity index (χ0v) is 8.52. The van der Waals surface area contributed by atoms with E-state index in [1.54, 1.807) is 0 Å². The van der Waals surface area contributed by atoms with Gasteiger partial charge in [0.25, 0.3) is 0 Å². The van der Waals surface area contributed by atoms with Gasteiger partial charge < -0.3 is 4.74 Å². The fourth-order valence-electron chi connectivity index (χ4n) is 1.14. The first kappa shape index (κ1) is 13.4. The maximum absolute atomic E-state index is 12.4. The summed E-state index contributed by atoms with van der Waals surface area (Å²) in [6, 6.07) is 1.84. The van der Waals surface area contributed by atoms with Crippen LogP contribution in [0.2, 0.25) is 0 Å². The highest BCUT2D eigenvalue weighted by Gasteiger charge is 2.32. The van der Waals surface area contributed by atoms with Gasteiger partial charge in [0, 0.05) is 5.56 Å². The van der Waals surface area contributed by atoms with Crippen LogP contribution >= 0.6 is 0 Å². The molecule has 0 aliphatic carbocycles. The summed E-state index contributed by atoms with van der Waals surface area (Å²) in [4.78, 5) is 11.0. The average molecular weight is 254 g/mol. The normalized spacial score (nSPS) is 11.7. The summed E-state index contributed by atoms with van der Waals surface area (Å²) in [5.74, 6) is -1.37. The first-order chi connectivity index (χ1) is 7.70. The molecule has 7 heteroatoms. The molecule has 0 heterocycles. The van der Waals surface area contributed by atoms with E-state index in [0.717, 1.165) is 13.0 Å². The van der Waals surface area contributed by atoms with Crippen LogP contribution in [0.25, 0.3) is 0 Å². The summed E-state index contributed by atoms with van der Waals surface area (Å²) >= 11 is 0. The van der Waals surface area contributed by atoms with Gasteiger partial charge in [-0.2, -0.15) is 22.0 Å². The highest BCUT2D eigenvalue weighted by molar-refractivity contribution is 5.94. The summed E-state index contributed by atoms with van der Waals surface area (Å²) in [6.07, 6.45) is -4.73. The number of carbonyl (C=O) groups excluding carboxylic acids is 1. The molecule has 94 valence electrons. The summed E-state index contributed by atoms with van der Waals surface area (Å²) in [7, 11) is 0. The molecule has 17 heavy (non-hydrogen) atoms. The Kier molecular flexibility index (Phi) is 3.69. The van der Waals surface area contributed by atoms with E-state index in [-0.39, 0.29) is 5.56 Å². The molecule has 0 saturated heterocycles. The Morgan fingerprint density at radius 1 is 1.24 bits per heavy atom. The number of ketones is 1. The first-order valence-electron chi connectivity index (χ1n) is 4.38. The van der Waals surface area contributed by atoms with Crippen molar-refractivity contribution in [1.82, 2.24) is 0 Å². The second-order valence-electron chi connectivity index (χ2n) is 3.18. The van der Waals surface area contributed by atoms with Crippen molar-refractivity contribution in [2.24, 2.45) is 0 Å². The van der Waals surface area contributed by atoms with E-state index < -0.39 is 29.9 Å². The zero-order chi connectivity index (χ0) is 13.2. The third kappa shape index (κ3) is 3.69. The van der Waals surface area contributed by atoms with Crippen LogP contribution in [0.4, 0.5) is 22.0 Å². The lowest BCUT2D eigenvalue weighted by molar-refractivity contribution is -0.138. The molecule has 0 amide bonds. The number of hydrogen-bond donors (Lipinski definition) is 0. The van der Waals surface area contributed by atoms with Crippen LogP contribution in [0.5, 0.6) is 5.75 Å². The highest BCUT2D eigenvalue weighted by Crippen LogP contribution is 2.33. The molecule has 1 rings (SSSR count). The van der Waals surface area contributed by atoms with Gasteiger partial charge in [0.2, 0.25) is 0 Å². The van der Waals surface area contributed by atoms with Gasteiger partial charge in [-0.15, -0.1) is 0 Å². The molecule has 0 bridgehead atoms. The van der Waals surface area contributed by atoms with Gasteiger partial charge in [0.05, 0.1) is 5.56 Å². The number of benzene rings is 1. The Balaban J connectivity index is 3.24. The number of rotatable bonds is 3. The van der Waals surface area contributed by atoms with Crippen LogP contribution in [-0.4, -0.2) is 12.4 Å². The minimum absolute atomic E-state index is 0.338. The number of halogens is 5. The highest BCUT2D eigenvalue weighted by atomic mass is 19.4. The molecule has 0 spiro atoms. The maximum atomic E-state index is 12.4. The molecule has 0 fully saturated rings. The zero-order valence-electron chi connectivity index (χ0n) is 8.52. The van der Waals surface area contributed by atoms with Crippen molar-refractivity contribution < 1.29 is 31.5 Å². The van der Waals surface area contributed by atoms with Crippen molar-refractivity contribution in [2.75, 3.05) is 0 Å². The quantitative estimate of drug-likeness (QED) is 0.609. The van der Waals surface area contributed by atoms with Gasteiger partial charge in [0.15, 0.2) is 5.78 Å². The smallest absolute Gasteiger partial charge is 0.416 e. The molecule has 0 radical (unpaired) electrons. The largest absolute Gasteiger partial charge is 0.435 e. The fraction of sp³-hybridized carbons (Fsp3) is 0.300.